The molecule has 2 atom stereocenters. The summed E-state index contributed by atoms with van der Waals surface area (Å²) in [4.78, 5) is 1.37. The Morgan fingerprint density at radius 1 is 1.57 bits per heavy atom. The summed E-state index contributed by atoms with van der Waals surface area (Å²) in [5.41, 5.74) is 0. The molecule has 1 aromatic heterocycles. The van der Waals surface area contributed by atoms with Crippen molar-refractivity contribution < 1.29 is 0 Å². The molecule has 2 rings (SSSR count). The molecule has 1 aliphatic rings. The zero-order chi connectivity index (χ0) is 9.97. The maximum absolute atomic E-state index is 5.95. The molecule has 1 fully saturated rings. The molecule has 1 N–H and O–H groups in total. The number of hydrogen-bond donors (Lipinski definition) is 1. The minimum atomic E-state index is 0.486. The van der Waals surface area contributed by atoms with Crippen LogP contribution in [0.4, 0.5) is 0 Å². The van der Waals surface area contributed by atoms with Gasteiger partial charge in [-0.2, -0.15) is 11.8 Å². The summed E-state index contributed by atoms with van der Waals surface area (Å²) in [5, 5.41) is 4.14. The van der Waals surface area contributed by atoms with Gasteiger partial charge in [0.1, 0.15) is 0 Å². The fraction of sp³-hybridized carbons (Fsp3) is 0.600. The van der Waals surface area contributed by atoms with Crippen LogP contribution in [0.3, 0.4) is 0 Å². The molecule has 14 heavy (non-hydrogen) atoms. The molecule has 2 unspecified atom stereocenters. The SMILES string of the molecule is CNC(c1ccc(Cl)s1)C1CCCS1. The van der Waals surface area contributed by atoms with Crippen LogP contribution in [0.25, 0.3) is 0 Å². The third-order valence-electron chi connectivity index (χ3n) is 2.55. The van der Waals surface area contributed by atoms with E-state index in [1.165, 1.54) is 23.5 Å². The van der Waals surface area contributed by atoms with E-state index in [1.807, 2.05) is 13.1 Å². The van der Waals surface area contributed by atoms with E-state index in [0.29, 0.717) is 6.04 Å². The summed E-state index contributed by atoms with van der Waals surface area (Å²) >= 11 is 9.73. The monoisotopic (exact) mass is 247 g/mol. The third kappa shape index (κ3) is 2.27. The topological polar surface area (TPSA) is 12.0 Å². The third-order valence-corrected chi connectivity index (χ3v) is 5.32. The van der Waals surface area contributed by atoms with E-state index in [9.17, 15) is 0 Å². The fourth-order valence-electron chi connectivity index (χ4n) is 1.87. The van der Waals surface area contributed by atoms with Gasteiger partial charge in [0.25, 0.3) is 0 Å². The molecule has 4 heteroatoms. The summed E-state index contributed by atoms with van der Waals surface area (Å²) in [6.07, 6.45) is 2.68. The van der Waals surface area contributed by atoms with Gasteiger partial charge < -0.3 is 5.32 Å². The Labute approximate surface area is 98.2 Å². The number of halogens is 1. The van der Waals surface area contributed by atoms with Gasteiger partial charge in [0, 0.05) is 10.1 Å². The van der Waals surface area contributed by atoms with Crippen molar-refractivity contribution in [3.8, 4) is 0 Å². The molecule has 1 aromatic rings. The molecular formula is C10H14ClNS2. The van der Waals surface area contributed by atoms with Crippen molar-refractivity contribution in [1.29, 1.82) is 0 Å². The Kier molecular flexibility index (Phi) is 3.77. The van der Waals surface area contributed by atoms with Crippen molar-refractivity contribution in [3.63, 3.8) is 0 Å². The lowest BCUT2D eigenvalue weighted by atomic mass is 10.1. The van der Waals surface area contributed by atoms with Gasteiger partial charge in [0.05, 0.1) is 10.4 Å². The van der Waals surface area contributed by atoms with Gasteiger partial charge >= 0.3 is 0 Å². The number of thioether (sulfide) groups is 1. The first kappa shape index (κ1) is 10.8. The number of nitrogens with one attached hydrogen (secondary N) is 1. The lowest BCUT2D eigenvalue weighted by Gasteiger charge is -2.20. The minimum absolute atomic E-state index is 0.486. The Bertz CT molecular complexity index is 294. The van der Waals surface area contributed by atoms with Crippen molar-refractivity contribution in [1.82, 2.24) is 5.32 Å². The van der Waals surface area contributed by atoms with Gasteiger partial charge in [-0.05, 0) is 37.8 Å². The molecule has 0 saturated carbocycles. The first-order chi connectivity index (χ1) is 6.81. The molecule has 1 aliphatic heterocycles. The summed E-state index contributed by atoms with van der Waals surface area (Å²) in [6.45, 7) is 0. The Balaban J connectivity index is 2.12. The lowest BCUT2D eigenvalue weighted by molar-refractivity contribution is 0.560. The highest BCUT2D eigenvalue weighted by atomic mass is 35.5. The second kappa shape index (κ2) is 4.88. The van der Waals surface area contributed by atoms with E-state index in [4.69, 9.17) is 11.6 Å². The molecular weight excluding hydrogens is 234 g/mol. The lowest BCUT2D eigenvalue weighted by Crippen LogP contribution is -2.24. The van der Waals surface area contributed by atoms with Crippen LogP contribution in [0, 0.1) is 0 Å². The van der Waals surface area contributed by atoms with Crippen LogP contribution in [0.2, 0.25) is 4.34 Å². The van der Waals surface area contributed by atoms with Crippen LogP contribution < -0.4 is 5.32 Å². The summed E-state index contributed by atoms with van der Waals surface area (Å²) < 4.78 is 0.892. The maximum Gasteiger partial charge on any atom is 0.0931 e. The molecule has 2 heterocycles. The van der Waals surface area contributed by atoms with Crippen LogP contribution >= 0.6 is 34.7 Å². The van der Waals surface area contributed by atoms with Gasteiger partial charge in [-0.1, -0.05) is 11.6 Å². The molecule has 78 valence electrons. The zero-order valence-corrected chi connectivity index (χ0v) is 10.5. The molecule has 0 spiro atoms. The minimum Gasteiger partial charge on any atom is -0.311 e. The summed E-state index contributed by atoms with van der Waals surface area (Å²) in [5.74, 6) is 1.31. The van der Waals surface area contributed by atoms with Crippen molar-refractivity contribution >= 4 is 34.7 Å². The second-order valence-electron chi connectivity index (χ2n) is 3.46. The van der Waals surface area contributed by atoms with Crippen LogP contribution in [0.1, 0.15) is 23.8 Å². The molecule has 0 amide bonds. The van der Waals surface area contributed by atoms with Gasteiger partial charge in [-0.25, -0.2) is 0 Å². The van der Waals surface area contributed by atoms with Gasteiger partial charge in [0.15, 0.2) is 0 Å². The molecule has 1 saturated heterocycles. The van der Waals surface area contributed by atoms with E-state index in [0.717, 1.165) is 9.59 Å². The second-order valence-corrected chi connectivity index (χ2v) is 6.55. The van der Waals surface area contributed by atoms with E-state index in [1.54, 1.807) is 11.3 Å². The van der Waals surface area contributed by atoms with Gasteiger partial charge in [0.2, 0.25) is 0 Å². The highest BCUT2D eigenvalue weighted by molar-refractivity contribution is 8.00. The molecule has 0 radical (unpaired) electrons. The van der Waals surface area contributed by atoms with E-state index >= 15 is 0 Å². The fourth-order valence-corrected chi connectivity index (χ4v) is 4.64. The average Bonchev–Trinajstić information content (AvgIpc) is 2.79. The van der Waals surface area contributed by atoms with Crippen molar-refractivity contribution in [3.05, 3.63) is 21.3 Å². The van der Waals surface area contributed by atoms with Crippen LogP contribution in [0.5, 0.6) is 0 Å². The number of thiophene rings is 1. The smallest absolute Gasteiger partial charge is 0.0931 e. The maximum atomic E-state index is 5.95. The predicted molar refractivity (Wildman–Crippen MR) is 66.6 cm³/mol. The molecule has 0 bridgehead atoms. The first-order valence-corrected chi connectivity index (χ1v) is 7.09. The van der Waals surface area contributed by atoms with Crippen LogP contribution in [-0.2, 0) is 0 Å². The highest BCUT2D eigenvalue weighted by Gasteiger charge is 2.26. The Morgan fingerprint density at radius 3 is 2.93 bits per heavy atom. The predicted octanol–water partition coefficient (Wildman–Crippen LogP) is 3.56. The number of hydrogen-bond acceptors (Lipinski definition) is 3. The normalized spacial score (nSPS) is 24.0. The Hall–Kier alpha value is 0.300. The van der Waals surface area contributed by atoms with Crippen molar-refractivity contribution in [2.75, 3.05) is 12.8 Å². The quantitative estimate of drug-likeness (QED) is 0.877. The summed E-state index contributed by atoms with van der Waals surface area (Å²) in [6, 6.07) is 4.62. The summed E-state index contributed by atoms with van der Waals surface area (Å²) in [7, 11) is 2.04. The average molecular weight is 248 g/mol. The van der Waals surface area contributed by atoms with Crippen molar-refractivity contribution in [2.24, 2.45) is 0 Å². The van der Waals surface area contributed by atoms with Crippen LogP contribution in [-0.4, -0.2) is 18.1 Å². The first-order valence-electron chi connectivity index (χ1n) is 4.85. The van der Waals surface area contributed by atoms with E-state index < -0.39 is 0 Å². The van der Waals surface area contributed by atoms with E-state index in [-0.39, 0.29) is 0 Å². The molecule has 0 aromatic carbocycles. The van der Waals surface area contributed by atoms with Gasteiger partial charge in [-0.15, -0.1) is 11.3 Å². The largest absolute Gasteiger partial charge is 0.311 e. The zero-order valence-electron chi connectivity index (χ0n) is 8.13. The van der Waals surface area contributed by atoms with E-state index in [2.05, 4.69) is 23.1 Å². The van der Waals surface area contributed by atoms with Gasteiger partial charge in [-0.3, -0.25) is 0 Å². The standard InChI is InChI=1S/C10H14ClNS2/c1-12-10(7-3-2-6-13-7)8-4-5-9(11)14-8/h4-5,7,10,12H,2-3,6H2,1H3. The van der Waals surface area contributed by atoms with Crippen LogP contribution in [0.15, 0.2) is 12.1 Å². The molecule has 1 nitrogen and oxygen atoms in total. The van der Waals surface area contributed by atoms with Crippen molar-refractivity contribution in [2.45, 2.75) is 24.1 Å². The molecule has 0 aliphatic carbocycles. The highest BCUT2D eigenvalue weighted by Crippen LogP contribution is 2.38. The Morgan fingerprint density at radius 2 is 2.43 bits per heavy atom. The number of rotatable bonds is 3.